The van der Waals surface area contributed by atoms with Crippen molar-refractivity contribution in [3.05, 3.63) is 59.7 Å². The molecule has 0 aromatic heterocycles. The van der Waals surface area contributed by atoms with Gasteiger partial charge < -0.3 is 5.73 Å². The number of halogens is 1. The smallest absolute Gasteiger partial charge is 0.239 e. The Hall–Kier alpha value is -1.72. The standard InChI is InChI=1S/C16H18N2O2S.ClH/c17-15-9-4-10-16-14(15)8-5-11-18(16)21(19,20)12-13-6-2-1-3-7-13;/h1-4,6-7,9-10H,5,8,11-12,17H2;1H. The van der Waals surface area contributed by atoms with Gasteiger partial charge in [-0.2, -0.15) is 0 Å². The molecule has 2 aromatic rings. The van der Waals surface area contributed by atoms with Crippen molar-refractivity contribution in [3.8, 4) is 0 Å². The Morgan fingerprint density at radius 1 is 1.05 bits per heavy atom. The van der Waals surface area contributed by atoms with Gasteiger partial charge in [0, 0.05) is 12.2 Å². The summed E-state index contributed by atoms with van der Waals surface area (Å²) in [6.07, 6.45) is 1.63. The van der Waals surface area contributed by atoms with Crippen molar-refractivity contribution in [2.75, 3.05) is 16.6 Å². The van der Waals surface area contributed by atoms with Gasteiger partial charge >= 0.3 is 0 Å². The van der Waals surface area contributed by atoms with E-state index >= 15 is 0 Å². The lowest BCUT2D eigenvalue weighted by Crippen LogP contribution is -2.36. The molecule has 6 heteroatoms. The van der Waals surface area contributed by atoms with Crippen LogP contribution in [0.4, 0.5) is 11.4 Å². The molecular formula is C16H19ClN2O2S. The van der Waals surface area contributed by atoms with Gasteiger partial charge in [0.2, 0.25) is 10.0 Å². The van der Waals surface area contributed by atoms with Gasteiger partial charge in [0.25, 0.3) is 0 Å². The van der Waals surface area contributed by atoms with E-state index in [-0.39, 0.29) is 18.2 Å². The van der Waals surface area contributed by atoms with Crippen LogP contribution in [0.2, 0.25) is 0 Å². The van der Waals surface area contributed by atoms with Gasteiger partial charge in [-0.3, -0.25) is 4.31 Å². The van der Waals surface area contributed by atoms with Crippen molar-refractivity contribution in [3.63, 3.8) is 0 Å². The molecule has 2 N–H and O–H groups in total. The minimum atomic E-state index is -3.39. The van der Waals surface area contributed by atoms with Crippen LogP contribution in [-0.4, -0.2) is 15.0 Å². The summed E-state index contributed by atoms with van der Waals surface area (Å²) < 4.78 is 26.9. The molecule has 1 aliphatic rings. The molecule has 0 atom stereocenters. The number of nitrogen functional groups attached to an aromatic ring is 1. The van der Waals surface area contributed by atoms with Crippen molar-refractivity contribution in [2.24, 2.45) is 0 Å². The van der Waals surface area contributed by atoms with E-state index in [1.54, 1.807) is 0 Å². The Balaban J connectivity index is 0.00000176. The molecule has 1 heterocycles. The van der Waals surface area contributed by atoms with Crippen LogP contribution in [-0.2, 0) is 22.2 Å². The first kappa shape index (κ1) is 16.6. The number of nitrogens with zero attached hydrogens (tertiary/aromatic N) is 1. The van der Waals surface area contributed by atoms with Gasteiger partial charge in [-0.15, -0.1) is 12.4 Å². The first-order valence-electron chi connectivity index (χ1n) is 6.99. The summed E-state index contributed by atoms with van der Waals surface area (Å²) in [4.78, 5) is 0. The SMILES string of the molecule is Cl.Nc1cccc2c1CCCN2S(=O)(=O)Cc1ccccc1. The van der Waals surface area contributed by atoms with Gasteiger partial charge in [0.1, 0.15) is 0 Å². The van der Waals surface area contributed by atoms with Gasteiger partial charge in [-0.1, -0.05) is 36.4 Å². The molecule has 0 spiro atoms. The molecule has 0 fully saturated rings. The van der Waals surface area contributed by atoms with Crippen molar-refractivity contribution in [1.29, 1.82) is 0 Å². The minimum Gasteiger partial charge on any atom is -0.398 e. The zero-order valence-corrected chi connectivity index (χ0v) is 13.7. The van der Waals surface area contributed by atoms with E-state index in [1.807, 2.05) is 48.5 Å². The second kappa shape index (κ2) is 6.58. The normalized spacial score (nSPS) is 14.1. The van der Waals surface area contributed by atoms with Crippen LogP contribution in [0.5, 0.6) is 0 Å². The highest BCUT2D eigenvalue weighted by Crippen LogP contribution is 2.33. The van der Waals surface area contributed by atoms with E-state index < -0.39 is 10.0 Å². The van der Waals surface area contributed by atoms with E-state index in [4.69, 9.17) is 5.73 Å². The Bertz CT molecular complexity index is 748. The Labute approximate surface area is 137 Å². The van der Waals surface area contributed by atoms with E-state index in [2.05, 4.69) is 0 Å². The maximum atomic E-state index is 12.7. The second-order valence-electron chi connectivity index (χ2n) is 5.26. The molecule has 0 bridgehead atoms. The van der Waals surface area contributed by atoms with Crippen LogP contribution < -0.4 is 10.0 Å². The maximum absolute atomic E-state index is 12.7. The Kier molecular flexibility index (Phi) is 4.98. The molecule has 1 aliphatic heterocycles. The number of fused-ring (bicyclic) bond motifs is 1. The lowest BCUT2D eigenvalue weighted by molar-refractivity contribution is 0.586. The molecule has 0 radical (unpaired) electrons. The Morgan fingerprint density at radius 2 is 1.77 bits per heavy atom. The summed E-state index contributed by atoms with van der Waals surface area (Å²) in [5.41, 5.74) is 9.13. The lowest BCUT2D eigenvalue weighted by Gasteiger charge is -2.31. The van der Waals surface area contributed by atoms with Gasteiger partial charge in [0.05, 0.1) is 11.4 Å². The molecule has 2 aromatic carbocycles. The summed E-state index contributed by atoms with van der Waals surface area (Å²) in [6.45, 7) is 0.519. The van der Waals surface area contributed by atoms with Crippen LogP contribution in [0.3, 0.4) is 0 Å². The van der Waals surface area contributed by atoms with E-state index in [1.165, 1.54) is 4.31 Å². The van der Waals surface area contributed by atoms with Gasteiger partial charge in [0.15, 0.2) is 0 Å². The molecule has 0 saturated carbocycles. The third kappa shape index (κ3) is 3.20. The minimum absolute atomic E-state index is 0. The molecule has 118 valence electrons. The number of anilines is 2. The summed E-state index contributed by atoms with van der Waals surface area (Å²) in [5, 5.41) is 0. The second-order valence-corrected chi connectivity index (χ2v) is 7.16. The monoisotopic (exact) mass is 338 g/mol. The van der Waals surface area contributed by atoms with Crippen molar-refractivity contribution in [1.82, 2.24) is 0 Å². The zero-order valence-electron chi connectivity index (χ0n) is 12.1. The summed E-state index contributed by atoms with van der Waals surface area (Å²) in [5.74, 6) is 0.0160. The fraction of sp³-hybridized carbons (Fsp3) is 0.250. The number of benzene rings is 2. The first-order chi connectivity index (χ1) is 10.1. The number of hydrogen-bond donors (Lipinski definition) is 1. The van der Waals surface area contributed by atoms with Gasteiger partial charge in [-0.25, -0.2) is 8.42 Å². The highest BCUT2D eigenvalue weighted by Gasteiger charge is 2.28. The van der Waals surface area contributed by atoms with Crippen LogP contribution in [0.1, 0.15) is 17.5 Å². The highest BCUT2D eigenvalue weighted by molar-refractivity contribution is 7.92. The fourth-order valence-corrected chi connectivity index (χ4v) is 4.42. The number of rotatable bonds is 3. The largest absolute Gasteiger partial charge is 0.398 e. The van der Waals surface area contributed by atoms with Crippen LogP contribution in [0.15, 0.2) is 48.5 Å². The summed E-state index contributed by atoms with van der Waals surface area (Å²) in [7, 11) is -3.39. The third-order valence-electron chi connectivity index (χ3n) is 3.77. The average molecular weight is 339 g/mol. The van der Waals surface area contributed by atoms with E-state index in [0.29, 0.717) is 12.2 Å². The lowest BCUT2D eigenvalue weighted by atomic mass is 10.0. The van der Waals surface area contributed by atoms with Crippen molar-refractivity contribution < 1.29 is 8.42 Å². The van der Waals surface area contributed by atoms with Crippen LogP contribution in [0.25, 0.3) is 0 Å². The molecule has 3 rings (SSSR count). The van der Waals surface area contributed by atoms with Crippen LogP contribution >= 0.6 is 12.4 Å². The maximum Gasteiger partial charge on any atom is 0.239 e. The molecule has 22 heavy (non-hydrogen) atoms. The highest BCUT2D eigenvalue weighted by atomic mass is 35.5. The quantitative estimate of drug-likeness (QED) is 0.875. The average Bonchev–Trinajstić information content (AvgIpc) is 2.48. The molecular weight excluding hydrogens is 320 g/mol. The predicted molar refractivity (Wildman–Crippen MR) is 92.8 cm³/mol. The molecule has 0 aliphatic carbocycles. The predicted octanol–water partition coefficient (Wildman–Crippen LogP) is 2.97. The number of sulfonamides is 1. The van der Waals surface area contributed by atoms with E-state index in [0.717, 1.165) is 29.7 Å². The van der Waals surface area contributed by atoms with Crippen molar-refractivity contribution in [2.45, 2.75) is 18.6 Å². The third-order valence-corrected chi connectivity index (χ3v) is 5.52. The fourth-order valence-electron chi connectivity index (χ4n) is 2.77. The molecule has 0 amide bonds. The summed E-state index contributed by atoms with van der Waals surface area (Å²) in [6, 6.07) is 14.7. The van der Waals surface area contributed by atoms with Gasteiger partial charge in [-0.05, 0) is 36.1 Å². The van der Waals surface area contributed by atoms with Crippen molar-refractivity contribution >= 4 is 33.8 Å². The van der Waals surface area contributed by atoms with Crippen LogP contribution in [0, 0.1) is 0 Å². The molecule has 0 unspecified atom stereocenters. The number of nitrogens with two attached hydrogens (primary N) is 1. The molecule has 0 saturated heterocycles. The topological polar surface area (TPSA) is 63.4 Å². The first-order valence-corrected chi connectivity index (χ1v) is 8.60. The zero-order chi connectivity index (χ0) is 14.9. The van der Waals surface area contributed by atoms with E-state index in [9.17, 15) is 8.42 Å². The molecule has 4 nitrogen and oxygen atoms in total. The summed E-state index contributed by atoms with van der Waals surface area (Å²) >= 11 is 0. The Morgan fingerprint density at radius 3 is 2.50 bits per heavy atom. The number of hydrogen-bond acceptors (Lipinski definition) is 3.